The van der Waals surface area contributed by atoms with Crippen LogP contribution < -0.4 is 10.0 Å². The Hall–Kier alpha value is -3.33. The molecule has 3 aromatic carbocycles. The number of amidine groups is 1. The van der Waals surface area contributed by atoms with Gasteiger partial charge in [-0.3, -0.25) is 4.72 Å². The SMILES string of the molecule is O=S1(=O)N=C(Nc2ccc(F)c(F)c2F)C=C(Cc2ccc3ccccc3c2)N1. The summed E-state index contributed by atoms with van der Waals surface area (Å²) in [5, 5.41) is 4.44. The van der Waals surface area contributed by atoms with E-state index >= 15 is 0 Å². The molecule has 29 heavy (non-hydrogen) atoms. The van der Waals surface area contributed by atoms with Gasteiger partial charge in [0.25, 0.3) is 0 Å². The fourth-order valence-corrected chi connectivity index (χ4v) is 3.88. The van der Waals surface area contributed by atoms with Crippen LogP contribution in [0.4, 0.5) is 18.9 Å². The molecule has 0 atom stereocenters. The van der Waals surface area contributed by atoms with Gasteiger partial charge in [0.2, 0.25) is 0 Å². The average Bonchev–Trinajstić information content (AvgIpc) is 2.67. The van der Waals surface area contributed by atoms with Crippen LogP contribution in [-0.4, -0.2) is 14.3 Å². The molecule has 1 heterocycles. The summed E-state index contributed by atoms with van der Waals surface area (Å²) in [5.74, 6) is -4.69. The van der Waals surface area contributed by atoms with Crippen molar-refractivity contribution in [1.82, 2.24) is 4.72 Å². The van der Waals surface area contributed by atoms with Crippen molar-refractivity contribution in [1.29, 1.82) is 0 Å². The normalized spacial score (nSPS) is 15.4. The molecule has 3 aromatic rings. The van der Waals surface area contributed by atoms with Gasteiger partial charge in [0.15, 0.2) is 17.5 Å². The highest BCUT2D eigenvalue weighted by Crippen LogP contribution is 2.22. The average molecular weight is 417 g/mol. The van der Waals surface area contributed by atoms with Gasteiger partial charge in [-0.15, -0.1) is 4.40 Å². The van der Waals surface area contributed by atoms with Crippen LogP contribution >= 0.6 is 0 Å². The smallest absolute Gasteiger partial charge is 0.337 e. The Kier molecular flexibility index (Phi) is 4.75. The zero-order chi connectivity index (χ0) is 20.6. The number of halogens is 3. The first kappa shape index (κ1) is 19.0. The number of hydrogen-bond donors (Lipinski definition) is 2. The molecular weight excluding hydrogens is 403 g/mol. The van der Waals surface area contributed by atoms with Gasteiger partial charge in [-0.05, 0) is 28.5 Å². The molecule has 0 bridgehead atoms. The molecule has 1 aliphatic heterocycles. The van der Waals surface area contributed by atoms with Gasteiger partial charge in [0.1, 0.15) is 5.84 Å². The Labute approximate surface area is 164 Å². The van der Waals surface area contributed by atoms with Crippen molar-refractivity contribution in [3.05, 3.63) is 89.4 Å². The molecule has 0 aromatic heterocycles. The highest BCUT2D eigenvalue weighted by molar-refractivity contribution is 7.88. The third-order valence-corrected chi connectivity index (χ3v) is 5.25. The summed E-state index contributed by atoms with van der Waals surface area (Å²) in [7, 11) is -4.08. The Morgan fingerprint density at radius 1 is 0.931 bits per heavy atom. The van der Waals surface area contributed by atoms with Gasteiger partial charge >= 0.3 is 10.2 Å². The fraction of sp³-hybridized carbons (Fsp3) is 0.0500. The van der Waals surface area contributed by atoms with Crippen molar-refractivity contribution in [3.8, 4) is 0 Å². The van der Waals surface area contributed by atoms with Crippen molar-refractivity contribution in [2.75, 3.05) is 5.32 Å². The van der Waals surface area contributed by atoms with Crippen molar-refractivity contribution in [3.63, 3.8) is 0 Å². The first-order valence-corrected chi connectivity index (χ1v) is 9.96. The maximum absolute atomic E-state index is 13.9. The number of fused-ring (bicyclic) bond motifs is 1. The van der Waals surface area contributed by atoms with E-state index in [2.05, 4.69) is 14.4 Å². The summed E-state index contributed by atoms with van der Waals surface area (Å²) in [6.45, 7) is 0. The molecule has 4 rings (SSSR count). The van der Waals surface area contributed by atoms with Crippen LogP contribution in [0.1, 0.15) is 5.56 Å². The molecule has 0 aliphatic carbocycles. The molecule has 0 saturated heterocycles. The molecule has 0 fully saturated rings. The van der Waals surface area contributed by atoms with Gasteiger partial charge in [-0.1, -0.05) is 42.5 Å². The third kappa shape index (κ3) is 4.09. The van der Waals surface area contributed by atoms with E-state index in [0.717, 1.165) is 28.5 Å². The molecule has 5 nitrogen and oxygen atoms in total. The summed E-state index contributed by atoms with van der Waals surface area (Å²) in [6.07, 6.45) is 1.61. The van der Waals surface area contributed by atoms with Crippen LogP contribution in [0.15, 0.2) is 70.8 Å². The van der Waals surface area contributed by atoms with Crippen molar-refractivity contribution >= 4 is 32.5 Å². The van der Waals surface area contributed by atoms with Gasteiger partial charge < -0.3 is 5.32 Å². The Morgan fingerprint density at radius 2 is 1.69 bits per heavy atom. The zero-order valence-corrected chi connectivity index (χ0v) is 15.6. The summed E-state index contributed by atoms with van der Waals surface area (Å²) in [5.41, 5.74) is 0.708. The summed E-state index contributed by atoms with van der Waals surface area (Å²) < 4.78 is 70.3. The Morgan fingerprint density at radius 3 is 2.48 bits per heavy atom. The third-order valence-electron chi connectivity index (χ3n) is 4.30. The van der Waals surface area contributed by atoms with Crippen LogP contribution in [-0.2, 0) is 16.6 Å². The van der Waals surface area contributed by atoms with Crippen LogP contribution in [0.3, 0.4) is 0 Å². The van der Waals surface area contributed by atoms with Crippen molar-refractivity contribution < 1.29 is 21.6 Å². The molecule has 148 valence electrons. The molecule has 0 unspecified atom stereocenters. The first-order chi connectivity index (χ1) is 13.8. The Bertz CT molecular complexity index is 1290. The Balaban J connectivity index is 1.63. The molecule has 1 aliphatic rings. The molecule has 9 heteroatoms. The number of nitrogens with zero attached hydrogens (tertiary/aromatic N) is 1. The monoisotopic (exact) mass is 417 g/mol. The van der Waals surface area contributed by atoms with Crippen molar-refractivity contribution in [2.45, 2.75) is 6.42 Å². The van der Waals surface area contributed by atoms with E-state index in [4.69, 9.17) is 0 Å². The maximum Gasteiger partial charge on any atom is 0.343 e. The molecular formula is C20H14F3N3O2S. The minimum Gasteiger partial charge on any atom is -0.337 e. The lowest BCUT2D eigenvalue weighted by atomic mass is 10.0. The number of anilines is 1. The standard InChI is InChI=1S/C20H14F3N3O2S/c21-16-7-8-17(20(23)19(16)22)24-18-11-15(25-29(27,28)26-18)10-12-5-6-13-3-1-2-4-14(13)9-12/h1-9,11,25H,10H2,(H,24,26). The van der Waals surface area contributed by atoms with Gasteiger partial charge in [0, 0.05) is 18.2 Å². The van der Waals surface area contributed by atoms with E-state index in [1.54, 1.807) is 0 Å². The minimum absolute atomic E-state index is 0.218. The molecule has 0 amide bonds. The number of benzene rings is 3. The van der Waals surface area contributed by atoms with E-state index in [0.29, 0.717) is 5.70 Å². The van der Waals surface area contributed by atoms with Crippen LogP contribution in [0.5, 0.6) is 0 Å². The summed E-state index contributed by atoms with van der Waals surface area (Å²) in [6, 6.07) is 15.1. The lowest BCUT2D eigenvalue weighted by molar-refractivity contribution is 0.449. The number of hydrogen-bond acceptors (Lipinski definition) is 3. The van der Waals surface area contributed by atoms with Crippen LogP contribution in [0.25, 0.3) is 10.8 Å². The number of nitrogens with one attached hydrogen (secondary N) is 2. The quantitative estimate of drug-likeness (QED) is 0.632. The van der Waals surface area contributed by atoms with Crippen LogP contribution in [0, 0.1) is 17.5 Å². The summed E-state index contributed by atoms with van der Waals surface area (Å²) >= 11 is 0. The van der Waals surface area contributed by atoms with E-state index in [-0.39, 0.29) is 12.3 Å². The molecule has 2 N–H and O–H groups in total. The minimum atomic E-state index is -4.08. The molecule has 0 saturated carbocycles. The maximum atomic E-state index is 13.9. The lowest BCUT2D eigenvalue weighted by Gasteiger charge is -2.17. The first-order valence-electron chi connectivity index (χ1n) is 8.52. The second-order valence-corrected chi connectivity index (χ2v) is 7.77. The van der Waals surface area contributed by atoms with Crippen molar-refractivity contribution in [2.24, 2.45) is 4.40 Å². The highest BCUT2D eigenvalue weighted by Gasteiger charge is 2.20. The van der Waals surface area contributed by atoms with Crippen LogP contribution in [0.2, 0.25) is 0 Å². The number of rotatable bonds is 3. The second-order valence-electron chi connectivity index (χ2n) is 6.43. The topological polar surface area (TPSA) is 70.6 Å². The van der Waals surface area contributed by atoms with Gasteiger partial charge in [-0.2, -0.15) is 8.42 Å². The second kappa shape index (κ2) is 7.25. The summed E-state index contributed by atoms with van der Waals surface area (Å²) in [4.78, 5) is 0. The van der Waals surface area contributed by atoms with Gasteiger partial charge in [-0.25, -0.2) is 13.2 Å². The predicted molar refractivity (Wildman–Crippen MR) is 105 cm³/mol. The lowest BCUT2D eigenvalue weighted by Crippen LogP contribution is -2.30. The largest absolute Gasteiger partial charge is 0.343 e. The zero-order valence-electron chi connectivity index (χ0n) is 14.8. The van der Waals surface area contributed by atoms with E-state index in [1.807, 2.05) is 42.5 Å². The van der Waals surface area contributed by atoms with E-state index in [1.165, 1.54) is 6.08 Å². The molecule has 0 radical (unpaired) electrons. The predicted octanol–water partition coefficient (Wildman–Crippen LogP) is 4.04. The van der Waals surface area contributed by atoms with Gasteiger partial charge in [0.05, 0.1) is 5.69 Å². The fourth-order valence-electron chi connectivity index (χ4n) is 3.01. The number of allylic oxidation sites excluding steroid dienone is 1. The molecule has 0 spiro atoms. The van der Waals surface area contributed by atoms with E-state index in [9.17, 15) is 21.6 Å². The highest BCUT2D eigenvalue weighted by atomic mass is 32.2. The van der Waals surface area contributed by atoms with E-state index < -0.39 is 33.3 Å².